The number of oxime groups is 1. The second-order valence-corrected chi connectivity index (χ2v) is 4.37. The third kappa shape index (κ3) is 4.72. The van der Waals surface area contributed by atoms with Crippen LogP contribution in [0.2, 0.25) is 0 Å². The second kappa shape index (κ2) is 7.79. The van der Waals surface area contributed by atoms with E-state index in [1.54, 1.807) is 24.3 Å². The fourth-order valence-electron chi connectivity index (χ4n) is 1.74. The normalized spacial score (nSPS) is 11.1. The van der Waals surface area contributed by atoms with Gasteiger partial charge in [0.05, 0.1) is 13.2 Å². The first-order valence-corrected chi connectivity index (χ1v) is 6.68. The van der Waals surface area contributed by atoms with Crippen molar-refractivity contribution >= 4 is 5.84 Å². The van der Waals surface area contributed by atoms with E-state index < -0.39 is 0 Å². The van der Waals surface area contributed by atoms with Gasteiger partial charge in [-0.25, -0.2) is 0 Å². The smallest absolute Gasteiger partial charge is 0.170 e. The van der Waals surface area contributed by atoms with Gasteiger partial charge < -0.3 is 20.4 Å². The summed E-state index contributed by atoms with van der Waals surface area (Å²) in [5.74, 6) is 1.68. The lowest BCUT2D eigenvalue weighted by atomic mass is 10.2. The maximum Gasteiger partial charge on any atom is 0.170 e. The molecule has 0 unspecified atom stereocenters. The summed E-state index contributed by atoms with van der Waals surface area (Å²) in [6.45, 7) is 1.17. The Kier molecular flexibility index (Phi) is 5.46. The van der Waals surface area contributed by atoms with E-state index >= 15 is 0 Å². The Hall–Kier alpha value is -2.69. The Balaban J connectivity index is 1.69. The quantitative estimate of drug-likeness (QED) is 0.270. The lowest BCUT2D eigenvalue weighted by Crippen LogP contribution is -2.12. The van der Waals surface area contributed by atoms with Gasteiger partial charge in [0.2, 0.25) is 0 Å². The summed E-state index contributed by atoms with van der Waals surface area (Å²) in [7, 11) is 0. The largest absolute Gasteiger partial charge is 0.493 e. The molecule has 0 fully saturated rings. The first-order valence-electron chi connectivity index (χ1n) is 6.68. The van der Waals surface area contributed by atoms with Crippen molar-refractivity contribution in [3.8, 4) is 11.5 Å². The number of para-hydroxylation sites is 1. The van der Waals surface area contributed by atoms with Gasteiger partial charge >= 0.3 is 0 Å². The molecule has 5 heteroatoms. The summed E-state index contributed by atoms with van der Waals surface area (Å²) in [5.41, 5.74) is 6.13. The van der Waals surface area contributed by atoms with Gasteiger partial charge in [-0.1, -0.05) is 23.4 Å². The zero-order valence-corrected chi connectivity index (χ0v) is 11.6. The molecule has 0 heterocycles. The highest BCUT2D eigenvalue weighted by molar-refractivity contribution is 5.97. The number of nitrogens with two attached hydrogens (primary N) is 1. The molecule has 2 aromatic carbocycles. The SMILES string of the molecule is NC(=NO)c1ccc(OCCCOc2ccccc2)cc1. The maximum absolute atomic E-state index is 8.57. The van der Waals surface area contributed by atoms with Crippen molar-refractivity contribution in [3.63, 3.8) is 0 Å². The van der Waals surface area contributed by atoms with E-state index in [-0.39, 0.29) is 5.84 Å². The van der Waals surface area contributed by atoms with Gasteiger partial charge in [0.15, 0.2) is 5.84 Å². The first kappa shape index (κ1) is 14.7. The summed E-state index contributed by atoms with van der Waals surface area (Å²) in [4.78, 5) is 0. The van der Waals surface area contributed by atoms with Crippen LogP contribution in [-0.2, 0) is 0 Å². The molecule has 5 nitrogen and oxygen atoms in total. The minimum Gasteiger partial charge on any atom is -0.493 e. The predicted molar refractivity (Wildman–Crippen MR) is 81.0 cm³/mol. The number of amidine groups is 1. The number of benzene rings is 2. The highest BCUT2D eigenvalue weighted by Crippen LogP contribution is 2.13. The van der Waals surface area contributed by atoms with Crippen LogP contribution in [0.3, 0.4) is 0 Å². The Morgan fingerprint density at radius 1 is 0.905 bits per heavy atom. The van der Waals surface area contributed by atoms with E-state index in [9.17, 15) is 0 Å². The molecule has 0 radical (unpaired) electrons. The lowest BCUT2D eigenvalue weighted by Gasteiger charge is -2.08. The second-order valence-electron chi connectivity index (χ2n) is 4.37. The Labute approximate surface area is 123 Å². The molecular formula is C16H18N2O3. The van der Waals surface area contributed by atoms with Crippen LogP contribution < -0.4 is 15.2 Å². The molecule has 0 amide bonds. The molecule has 0 aliphatic heterocycles. The van der Waals surface area contributed by atoms with E-state index in [1.165, 1.54) is 0 Å². The van der Waals surface area contributed by atoms with Crippen LogP contribution in [-0.4, -0.2) is 24.3 Å². The van der Waals surface area contributed by atoms with Gasteiger partial charge in [-0.15, -0.1) is 0 Å². The van der Waals surface area contributed by atoms with Gasteiger partial charge in [-0.05, 0) is 36.4 Å². The van der Waals surface area contributed by atoms with Crippen LogP contribution in [0.25, 0.3) is 0 Å². The molecule has 3 N–H and O–H groups in total. The minimum absolute atomic E-state index is 0.0813. The van der Waals surface area contributed by atoms with Crippen molar-refractivity contribution in [2.75, 3.05) is 13.2 Å². The third-order valence-corrected chi connectivity index (χ3v) is 2.83. The highest BCUT2D eigenvalue weighted by atomic mass is 16.5. The first-order chi connectivity index (χ1) is 10.3. The van der Waals surface area contributed by atoms with Crippen molar-refractivity contribution in [2.24, 2.45) is 10.9 Å². The molecule has 0 spiro atoms. The third-order valence-electron chi connectivity index (χ3n) is 2.83. The highest BCUT2D eigenvalue weighted by Gasteiger charge is 2.00. The molecule has 2 rings (SSSR count). The number of rotatable bonds is 7. The molecule has 0 bridgehead atoms. The van der Waals surface area contributed by atoms with Crippen LogP contribution in [0.4, 0.5) is 0 Å². The molecule has 0 aliphatic rings. The number of ether oxygens (including phenoxy) is 2. The summed E-state index contributed by atoms with van der Waals surface area (Å²) in [5, 5.41) is 11.5. The summed E-state index contributed by atoms with van der Waals surface area (Å²) < 4.78 is 11.2. The average Bonchev–Trinajstić information content (AvgIpc) is 2.55. The topological polar surface area (TPSA) is 77.1 Å². The Morgan fingerprint density at radius 2 is 1.48 bits per heavy atom. The molecule has 110 valence electrons. The van der Waals surface area contributed by atoms with Gasteiger partial charge in [0, 0.05) is 12.0 Å². The van der Waals surface area contributed by atoms with Crippen molar-refractivity contribution < 1.29 is 14.7 Å². The molecule has 0 atom stereocenters. The van der Waals surface area contributed by atoms with Crippen LogP contribution in [0.5, 0.6) is 11.5 Å². The van der Waals surface area contributed by atoms with Gasteiger partial charge in [0.1, 0.15) is 11.5 Å². The van der Waals surface area contributed by atoms with E-state index in [0.717, 1.165) is 17.9 Å². The van der Waals surface area contributed by atoms with Gasteiger partial charge in [0.25, 0.3) is 0 Å². The van der Waals surface area contributed by atoms with E-state index in [0.29, 0.717) is 18.8 Å². The van der Waals surface area contributed by atoms with Gasteiger partial charge in [-0.3, -0.25) is 0 Å². The Bertz CT molecular complexity index is 568. The molecule has 0 saturated heterocycles. The standard InChI is InChI=1S/C16H18N2O3/c17-16(18-19)13-7-9-15(10-8-13)21-12-4-11-20-14-5-2-1-3-6-14/h1-3,5-10,19H,4,11-12H2,(H2,17,18). The molecule has 0 aromatic heterocycles. The number of hydrogen-bond donors (Lipinski definition) is 2. The predicted octanol–water partition coefficient (Wildman–Crippen LogP) is 2.63. The Morgan fingerprint density at radius 3 is 2.05 bits per heavy atom. The summed E-state index contributed by atoms with van der Waals surface area (Å²) in [6.07, 6.45) is 0.789. The van der Waals surface area contributed by atoms with E-state index in [1.807, 2.05) is 30.3 Å². The average molecular weight is 286 g/mol. The van der Waals surface area contributed by atoms with Crippen molar-refractivity contribution in [1.82, 2.24) is 0 Å². The molecule has 21 heavy (non-hydrogen) atoms. The van der Waals surface area contributed by atoms with E-state index in [4.69, 9.17) is 20.4 Å². The molecule has 0 saturated carbocycles. The summed E-state index contributed by atoms with van der Waals surface area (Å²) >= 11 is 0. The zero-order valence-electron chi connectivity index (χ0n) is 11.6. The fourth-order valence-corrected chi connectivity index (χ4v) is 1.74. The zero-order chi connectivity index (χ0) is 14.9. The molecule has 0 aliphatic carbocycles. The summed E-state index contributed by atoms with van der Waals surface area (Å²) in [6, 6.07) is 16.7. The van der Waals surface area contributed by atoms with Crippen LogP contribution >= 0.6 is 0 Å². The fraction of sp³-hybridized carbons (Fsp3) is 0.188. The van der Waals surface area contributed by atoms with Gasteiger partial charge in [-0.2, -0.15) is 0 Å². The maximum atomic E-state index is 8.57. The lowest BCUT2D eigenvalue weighted by molar-refractivity contribution is 0.247. The number of nitrogens with zero attached hydrogens (tertiary/aromatic N) is 1. The molecular weight excluding hydrogens is 268 g/mol. The van der Waals surface area contributed by atoms with Crippen LogP contribution in [0, 0.1) is 0 Å². The van der Waals surface area contributed by atoms with Crippen molar-refractivity contribution in [1.29, 1.82) is 0 Å². The number of hydrogen-bond acceptors (Lipinski definition) is 4. The van der Waals surface area contributed by atoms with E-state index in [2.05, 4.69) is 5.16 Å². The van der Waals surface area contributed by atoms with Crippen LogP contribution in [0.1, 0.15) is 12.0 Å². The van der Waals surface area contributed by atoms with Crippen molar-refractivity contribution in [3.05, 3.63) is 60.2 Å². The monoisotopic (exact) mass is 286 g/mol. The van der Waals surface area contributed by atoms with Crippen LogP contribution in [0.15, 0.2) is 59.8 Å². The van der Waals surface area contributed by atoms with Crippen molar-refractivity contribution in [2.45, 2.75) is 6.42 Å². The molecule has 2 aromatic rings. The minimum atomic E-state index is 0.0813.